The molecule has 3 heterocycles. The molecule has 4 nitrogen and oxygen atoms in total. The fourth-order valence-corrected chi connectivity index (χ4v) is 4.67. The van der Waals surface area contributed by atoms with Crippen LogP contribution in [0.3, 0.4) is 0 Å². The van der Waals surface area contributed by atoms with Crippen molar-refractivity contribution in [3.8, 4) is 0 Å². The summed E-state index contributed by atoms with van der Waals surface area (Å²) >= 11 is 1.69. The van der Waals surface area contributed by atoms with E-state index in [-0.39, 0.29) is 5.25 Å². The number of hydrogen-bond acceptors (Lipinski definition) is 4. The molecule has 0 unspecified atom stereocenters. The van der Waals surface area contributed by atoms with Crippen molar-refractivity contribution >= 4 is 28.6 Å². The highest BCUT2D eigenvalue weighted by Gasteiger charge is 2.37. The van der Waals surface area contributed by atoms with Gasteiger partial charge in [0, 0.05) is 42.3 Å². The van der Waals surface area contributed by atoms with Crippen LogP contribution >= 0.6 is 11.8 Å². The van der Waals surface area contributed by atoms with Gasteiger partial charge in [-0.1, -0.05) is 18.2 Å². The van der Waals surface area contributed by atoms with Crippen LogP contribution in [-0.2, 0) is 9.53 Å². The van der Waals surface area contributed by atoms with Gasteiger partial charge in [0.05, 0.1) is 10.8 Å². The third-order valence-electron chi connectivity index (χ3n) is 4.70. The van der Waals surface area contributed by atoms with E-state index in [1.807, 2.05) is 30.5 Å². The van der Waals surface area contributed by atoms with E-state index in [4.69, 9.17) is 4.74 Å². The van der Waals surface area contributed by atoms with Gasteiger partial charge in [0.1, 0.15) is 0 Å². The van der Waals surface area contributed by atoms with Crippen LogP contribution in [0.4, 0.5) is 0 Å². The highest BCUT2D eigenvalue weighted by Crippen LogP contribution is 2.35. The molecule has 1 atom stereocenters. The summed E-state index contributed by atoms with van der Waals surface area (Å²) in [6, 6.07) is 10.5. The molecule has 2 saturated heterocycles. The first-order valence-corrected chi connectivity index (χ1v) is 9.09. The molecule has 0 bridgehead atoms. The molecule has 120 valence electrons. The number of thioether (sulfide) groups is 1. The van der Waals surface area contributed by atoms with Crippen molar-refractivity contribution in [3.05, 3.63) is 36.5 Å². The average Bonchev–Trinajstić information content (AvgIpc) is 2.97. The quantitative estimate of drug-likeness (QED) is 0.868. The van der Waals surface area contributed by atoms with Crippen LogP contribution in [0.25, 0.3) is 10.9 Å². The molecule has 2 fully saturated rings. The summed E-state index contributed by atoms with van der Waals surface area (Å²) in [6.07, 6.45) is 4.71. The van der Waals surface area contributed by atoms with Gasteiger partial charge in [-0.2, -0.15) is 0 Å². The molecule has 1 aromatic carbocycles. The number of hydrogen-bond donors (Lipinski definition) is 0. The predicted octanol–water partition coefficient (Wildman–Crippen LogP) is 3.11. The van der Waals surface area contributed by atoms with Crippen molar-refractivity contribution in [2.45, 2.75) is 35.4 Å². The Bertz CT molecular complexity index is 710. The second kappa shape index (κ2) is 6.49. The molecule has 1 aromatic heterocycles. The lowest BCUT2D eigenvalue weighted by molar-refractivity contribution is -0.130. The minimum atomic E-state index is 0.0312. The Morgan fingerprint density at radius 2 is 1.96 bits per heavy atom. The predicted molar refractivity (Wildman–Crippen MR) is 91.6 cm³/mol. The van der Waals surface area contributed by atoms with Crippen LogP contribution in [0.15, 0.2) is 41.4 Å². The number of pyridine rings is 1. The fourth-order valence-electron chi connectivity index (χ4n) is 3.47. The normalized spacial score (nSPS) is 22.9. The van der Waals surface area contributed by atoms with E-state index in [0.717, 1.165) is 54.8 Å². The third kappa shape index (κ3) is 2.95. The number of para-hydroxylation sites is 1. The van der Waals surface area contributed by atoms with Gasteiger partial charge in [-0.3, -0.25) is 9.78 Å². The lowest BCUT2D eigenvalue weighted by atomic mass is 10.1. The number of amides is 1. The lowest BCUT2D eigenvalue weighted by Gasteiger charge is -2.31. The molecule has 0 radical (unpaired) electrons. The number of fused-ring (bicyclic) bond motifs is 1. The fraction of sp³-hybridized carbons (Fsp3) is 0.444. The molecular formula is C18H20N2O2S. The molecule has 0 aliphatic carbocycles. The number of nitrogens with zero attached hydrogens (tertiary/aromatic N) is 2. The summed E-state index contributed by atoms with van der Waals surface area (Å²) in [5.74, 6) is 0.294. The Balaban J connectivity index is 1.52. The minimum Gasteiger partial charge on any atom is -0.381 e. The van der Waals surface area contributed by atoms with Gasteiger partial charge >= 0.3 is 0 Å². The molecule has 5 heteroatoms. The Kier molecular flexibility index (Phi) is 4.23. The van der Waals surface area contributed by atoms with Crippen molar-refractivity contribution in [2.24, 2.45) is 0 Å². The topological polar surface area (TPSA) is 42.4 Å². The van der Waals surface area contributed by atoms with Gasteiger partial charge in [0.2, 0.25) is 5.91 Å². The number of carbonyl (C=O) groups is 1. The largest absolute Gasteiger partial charge is 0.381 e. The summed E-state index contributed by atoms with van der Waals surface area (Å²) in [7, 11) is 0. The summed E-state index contributed by atoms with van der Waals surface area (Å²) in [6.45, 7) is 2.44. The monoisotopic (exact) mass is 328 g/mol. The van der Waals surface area contributed by atoms with Crippen LogP contribution in [0.5, 0.6) is 0 Å². The molecule has 0 spiro atoms. The van der Waals surface area contributed by atoms with Gasteiger partial charge in [0.15, 0.2) is 0 Å². The van der Waals surface area contributed by atoms with Gasteiger partial charge in [-0.05, 0) is 31.4 Å². The van der Waals surface area contributed by atoms with Crippen LogP contribution in [0.1, 0.15) is 19.3 Å². The molecule has 1 amide bonds. The Hall–Kier alpha value is -1.59. The second-order valence-corrected chi connectivity index (χ2v) is 7.34. The van der Waals surface area contributed by atoms with Crippen LogP contribution in [0.2, 0.25) is 0 Å². The molecule has 23 heavy (non-hydrogen) atoms. The highest BCUT2D eigenvalue weighted by atomic mass is 32.2. The van der Waals surface area contributed by atoms with Crippen LogP contribution in [0, 0.1) is 0 Å². The van der Waals surface area contributed by atoms with E-state index in [1.165, 1.54) is 0 Å². The molecule has 0 saturated carbocycles. The Labute approximate surface area is 140 Å². The van der Waals surface area contributed by atoms with Crippen molar-refractivity contribution in [3.63, 3.8) is 0 Å². The van der Waals surface area contributed by atoms with Gasteiger partial charge in [0.25, 0.3) is 0 Å². The van der Waals surface area contributed by atoms with Crippen LogP contribution in [-0.4, -0.2) is 46.8 Å². The number of ether oxygens (including phenoxy) is 1. The number of rotatable bonds is 3. The van der Waals surface area contributed by atoms with Crippen molar-refractivity contribution < 1.29 is 9.53 Å². The van der Waals surface area contributed by atoms with E-state index >= 15 is 0 Å². The maximum absolute atomic E-state index is 12.8. The van der Waals surface area contributed by atoms with Gasteiger partial charge in [-0.15, -0.1) is 11.8 Å². The van der Waals surface area contributed by atoms with E-state index in [1.54, 1.807) is 11.8 Å². The zero-order valence-corrected chi connectivity index (χ0v) is 13.8. The molecule has 4 rings (SSSR count). The number of aromatic nitrogens is 1. The first-order valence-electron chi connectivity index (χ1n) is 8.21. The number of carbonyl (C=O) groups excluding carboxylic acids is 1. The maximum Gasteiger partial charge on any atom is 0.236 e. The molecular weight excluding hydrogens is 308 g/mol. The Morgan fingerprint density at radius 3 is 2.83 bits per heavy atom. The SMILES string of the molecule is O=C1[C@H](Sc2ccnc3ccccc23)CCN1C1CCOCC1. The Morgan fingerprint density at radius 1 is 1.13 bits per heavy atom. The maximum atomic E-state index is 12.8. The zero-order valence-electron chi connectivity index (χ0n) is 13.0. The number of benzene rings is 1. The van der Waals surface area contributed by atoms with Crippen molar-refractivity contribution in [1.29, 1.82) is 0 Å². The summed E-state index contributed by atoms with van der Waals surface area (Å²) in [5.41, 5.74) is 0.990. The summed E-state index contributed by atoms with van der Waals surface area (Å²) in [5, 5.41) is 1.17. The number of likely N-dealkylation sites (tertiary alicyclic amines) is 1. The van der Waals surface area contributed by atoms with E-state index in [2.05, 4.69) is 16.0 Å². The van der Waals surface area contributed by atoms with E-state index in [0.29, 0.717) is 11.9 Å². The molecule has 2 aliphatic heterocycles. The summed E-state index contributed by atoms with van der Waals surface area (Å²) < 4.78 is 5.42. The third-order valence-corrected chi connectivity index (χ3v) is 6.03. The van der Waals surface area contributed by atoms with Crippen molar-refractivity contribution in [2.75, 3.05) is 19.8 Å². The van der Waals surface area contributed by atoms with Crippen molar-refractivity contribution in [1.82, 2.24) is 9.88 Å². The molecule has 2 aliphatic rings. The molecule has 2 aromatic rings. The lowest BCUT2D eigenvalue weighted by Crippen LogP contribution is -2.41. The van der Waals surface area contributed by atoms with Gasteiger partial charge < -0.3 is 9.64 Å². The van der Waals surface area contributed by atoms with Crippen LogP contribution < -0.4 is 0 Å². The first kappa shape index (κ1) is 15.0. The zero-order chi connectivity index (χ0) is 15.6. The second-order valence-electron chi connectivity index (χ2n) is 6.10. The first-order chi connectivity index (χ1) is 11.3. The van der Waals surface area contributed by atoms with E-state index < -0.39 is 0 Å². The minimum absolute atomic E-state index is 0.0312. The highest BCUT2D eigenvalue weighted by molar-refractivity contribution is 8.00. The standard InChI is InChI=1S/C18H20N2O2S/c21-18-17(6-10-20(18)13-7-11-22-12-8-13)23-16-5-9-19-15-4-2-1-3-14(15)16/h1-5,9,13,17H,6-8,10-12H2/t17-/m1/s1. The van der Waals surface area contributed by atoms with E-state index in [9.17, 15) is 4.79 Å². The molecule has 0 N–H and O–H groups in total. The average molecular weight is 328 g/mol. The smallest absolute Gasteiger partial charge is 0.236 e. The summed E-state index contributed by atoms with van der Waals surface area (Å²) in [4.78, 5) is 20.4. The van der Waals surface area contributed by atoms with Gasteiger partial charge in [-0.25, -0.2) is 0 Å².